The van der Waals surface area contributed by atoms with Gasteiger partial charge in [-0.1, -0.05) is 0 Å². The highest BCUT2D eigenvalue weighted by atomic mass is 16.6. The van der Waals surface area contributed by atoms with Gasteiger partial charge in [0.2, 0.25) is 0 Å². The first kappa shape index (κ1) is 13.4. The molecule has 1 aromatic carbocycles. The topological polar surface area (TPSA) is 122 Å². The van der Waals surface area contributed by atoms with Gasteiger partial charge in [-0.15, -0.1) is 0 Å². The van der Waals surface area contributed by atoms with Crippen LogP contribution in [-0.2, 0) is 9.47 Å². The van der Waals surface area contributed by atoms with Crippen LogP contribution >= 0.6 is 0 Å². The molecule has 18 heavy (non-hydrogen) atoms. The molecule has 0 aliphatic rings. The van der Waals surface area contributed by atoms with Gasteiger partial charge in [0.1, 0.15) is 11.1 Å². The number of esters is 2. The van der Waals surface area contributed by atoms with E-state index in [1.807, 2.05) is 0 Å². The summed E-state index contributed by atoms with van der Waals surface area (Å²) < 4.78 is 8.80. The van der Waals surface area contributed by atoms with Gasteiger partial charge in [0, 0.05) is 5.69 Å². The van der Waals surface area contributed by atoms with E-state index < -0.39 is 33.7 Å². The van der Waals surface area contributed by atoms with Crippen molar-refractivity contribution in [2.45, 2.75) is 0 Å². The van der Waals surface area contributed by atoms with Crippen molar-refractivity contribution >= 4 is 23.3 Å². The number of anilines is 1. The molecule has 0 saturated carbocycles. The molecule has 0 bridgehead atoms. The smallest absolute Gasteiger partial charge is 0.344 e. The van der Waals surface area contributed by atoms with Crippen LogP contribution in [0.3, 0.4) is 0 Å². The van der Waals surface area contributed by atoms with Crippen LogP contribution in [0, 0.1) is 10.1 Å². The summed E-state index contributed by atoms with van der Waals surface area (Å²) in [5, 5.41) is 10.9. The number of nitro benzene ring substituents is 1. The maximum absolute atomic E-state index is 11.4. The molecule has 0 atom stereocenters. The minimum atomic E-state index is -0.959. The Hall–Kier alpha value is -2.64. The maximum atomic E-state index is 11.4. The Labute approximate surface area is 101 Å². The quantitative estimate of drug-likeness (QED) is 0.365. The van der Waals surface area contributed by atoms with E-state index in [-0.39, 0.29) is 5.69 Å². The van der Waals surface area contributed by atoms with E-state index >= 15 is 0 Å². The molecule has 0 radical (unpaired) electrons. The monoisotopic (exact) mass is 254 g/mol. The Morgan fingerprint density at radius 1 is 1.17 bits per heavy atom. The van der Waals surface area contributed by atoms with Crippen molar-refractivity contribution in [3.8, 4) is 0 Å². The number of nitrogens with zero attached hydrogens (tertiary/aromatic N) is 1. The summed E-state index contributed by atoms with van der Waals surface area (Å²) in [4.78, 5) is 32.9. The number of nitrogen functional groups attached to an aromatic ring is 1. The molecule has 0 unspecified atom stereocenters. The summed E-state index contributed by atoms with van der Waals surface area (Å²) in [5.41, 5.74) is 4.00. The van der Waals surface area contributed by atoms with Crippen LogP contribution in [0.1, 0.15) is 20.7 Å². The molecule has 1 aromatic rings. The third-order valence-corrected chi connectivity index (χ3v) is 2.13. The van der Waals surface area contributed by atoms with Gasteiger partial charge in [0.05, 0.1) is 19.1 Å². The second kappa shape index (κ2) is 5.13. The van der Waals surface area contributed by atoms with E-state index in [9.17, 15) is 19.7 Å². The molecular weight excluding hydrogens is 244 g/mol. The second-order valence-electron chi connectivity index (χ2n) is 3.20. The van der Waals surface area contributed by atoms with Gasteiger partial charge in [0.15, 0.2) is 0 Å². The number of carbonyl (C=O) groups excluding carboxylic acids is 2. The summed E-state index contributed by atoms with van der Waals surface area (Å²) >= 11 is 0. The van der Waals surface area contributed by atoms with Gasteiger partial charge in [0.25, 0.3) is 5.69 Å². The third-order valence-electron chi connectivity index (χ3n) is 2.13. The lowest BCUT2D eigenvalue weighted by atomic mass is 10.1. The summed E-state index contributed by atoms with van der Waals surface area (Å²) in [6.45, 7) is 0. The fourth-order valence-corrected chi connectivity index (χ4v) is 1.38. The van der Waals surface area contributed by atoms with Crippen molar-refractivity contribution in [3.05, 3.63) is 33.4 Å². The van der Waals surface area contributed by atoms with Gasteiger partial charge < -0.3 is 15.2 Å². The number of hydrogen-bond acceptors (Lipinski definition) is 7. The minimum absolute atomic E-state index is 0.0152. The Morgan fingerprint density at radius 3 is 1.83 bits per heavy atom. The van der Waals surface area contributed by atoms with Crippen molar-refractivity contribution in [3.63, 3.8) is 0 Å². The van der Waals surface area contributed by atoms with E-state index in [1.165, 1.54) is 0 Å². The maximum Gasteiger partial charge on any atom is 0.344 e. The fourth-order valence-electron chi connectivity index (χ4n) is 1.38. The molecule has 0 aliphatic carbocycles. The van der Waals surface area contributed by atoms with Crippen molar-refractivity contribution < 1.29 is 24.0 Å². The first-order valence-corrected chi connectivity index (χ1v) is 4.67. The third kappa shape index (κ3) is 2.37. The average Bonchev–Trinajstić information content (AvgIpc) is 2.35. The van der Waals surface area contributed by atoms with Gasteiger partial charge in [-0.25, -0.2) is 9.59 Å². The van der Waals surface area contributed by atoms with Crippen molar-refractivity contribution in [1.29, 1.82) is 0 Å². The molecule has 0 aliphatic heterocycles. The van der Waals surface area contributed by atoms with E-state index in [0.717, 1.165) is 26.4 Å². The molecule has 0 spiro atoms. The van der Waals surface area contributed by atoms with Crippen LogP contribution < -0.4 is 5.73 Å². The lowest BCUT2D eigenvalue weighted by Gasteiger charge is -2.07. The molecule has 0 heterocycles. The molecule has 8 heteroatoms. The van der Waals surface area contributed by atoms with Crippen LogP contribution in [0.15, 0.2) is 12.1 Å². The highest BCUT2D eigenvalue weighted by Gasteiger charge is 2.30. The summed E-state index contributed by atoms with van der Waals surface area (Å²) in [7, 11) is 2.13. The minimum Gasteiger partial charge on any atom is -0.465 e. The molecule has 1 rings (SSSR count). The summed E-state index contributed by atoms with van der Waals surface area (Å²) in [6, 6.07) is 2.13. The van der Waals surface area contributed by atoms with Gasteiger partial charge in [-0.05, 0) is 12.1 Å². The highest BCUT2D eigenvalue weighted by Crippen LogP contribution is 2.28. The second-order valence-corrected chi connectivity index (χ2v) is 3.20. The molecule has 2 N–H and O–H groups in total. The predicted octanol–water partition coefficient (Wildman–Crippen LogP) is 0.750. The van der Waals surface area contributed by atoms with Crippen molar-refractivity contribution in [2.75, 3.05) is 20.0 Å². The zero-order chi connectivity index (χ0) is 13.9. The van der Waals surface area contributed by atoms with Crippen LogP contribution in [0.5, 0.6) is 0 Å². The molecule has 0 saturated heterocycles. The summed E-state index contributed by atoms with van der Waals surface area (Å²) in [5.74, 6) is -1.92. The summed E-state index contributed by atoms with van der Waals surface area (Å²) in [6.07, 6.45) is 0. The first-order chi connectivity index (χ1) is 8.42. The molecule has 96 valence electrons. The van der Waals surface area contributed by atoms with Gasteiger partial charge in [-0.2, -0.15) is 0 Å². The standard InChI is InChI=1S/C10H10N2O6/c1-17-9(13)6-3-5(11)4-7(10(14)18-2)8(6)12(15)16/h3-4H,11H2,1-2H3. The largest absolute Gasteiger partial charge is 0.465 e. The Bertz CT molecular complexity index is 488. The number of ether oxygens (including phenoxy) is 2. The predicted molar refractivity (Wildman–Crippen MR) is 60.2 cm³/mol. The fraction of sp³-hybridized carbons (Fsp3) is 0.200. The highest BCUT2D eigenvalue weighted by molar-refractivity contribution is 6.03. The molecule has 0 amide bonds. The van der Waals surface area contributed by atoms with Gasteiger partial charge >= 0.3 is 11.9 Å². The first-order valence-electron chi connectivity index (χ1n) is 4.67. The number of carbonyl (C=O) groups is 2. The van der Waals surface area contributed by atoms with Crippen LogP contribution in [0.4, 0.5) is 11.4 Å². The van der Waals surface area contributed by atoms with E-state index in [2.05, 4.69) is 9.47 Å². The van der Waals surface area contributed by atoms with E-state index in [1.54, 1.807) is 0 Å². The van der Waals surface area contributed by atoms with Crippen LogP contribution in [0.2, 0.25) is 0 Å². The molecule has 8 nitrogen and oxygen atoms in total. The number of hydrogen-bond donors (Lipinski definition) is 1. The van der Waals surface area contributed by atoms with Crippen molar-refractivity contribution in [2.24, 2.45) is 0 Å². The number of methoxy groups -OCH3 is 2. The molecule has 0 fully saturated rings. The molecule has 0 aromatic heterocycles. The van der Waals surface area contributed by atoms with Crippen molar-refractivity contribution in [1.82, 2.24) is 0 Å². The van der Waals surface area contributed by atoms with E-state index in [4.69, 9.17) is 5.73 Å². The van der Waals surface area contributed by atoms with E-state index in [0.29, 0.717) is 0 Å². The number of nitrogens with two attached hydrogens (primary N) is 1. The zero-order valence-electron chi connectivity index (χ0n) is 9.63. The Morgan fingerprint density at radius 2 is 1.56 bits per heavy atom. The lowest BCUT2D eigenvalue weighted by Crippen LogP contribution is -2.13. The van der Waals surface area contributed by atoms with Crippen LogP contribution in [0.25, 0.3) is 0 Å². The average molecular weight is 254 g/mol. The number of rotatable bonds is 3. The normalized spacial score (nSPS) is 9.67. The zero-order valence-corrected chi connectivity index (χ0v) is 9.63. The van der Waals surface area contributed by atoms with Crippen LogP contribution in [-0.4, -0.2) is 31.1 Å². The number of nitro groups is 1. The molecular formula is C10H10N2O6. The Balaban J connectivity index is 3.61. The SMILES string of the molecule is COC(=O)c1cc(N)cc(C(=O)OC)c1[N+](=O)[O-]. The number of benzene rings is 1. The van der Waals surface area contributed by atoms with Gasteiger partial charge in [-0.3, -0.25) is 10.1 Å². The lowest BCUT2D eigenvalue weighted by molar-refractivity contribution is -0.385. The Kier molecular flexibility index (Phi) is 3.82.